The van der Waals surface area contributed by atoms with Crippen molar-refractivity contribution >= 4 is 99.5 Å². The van der Waals surface area contributed by atoms with Gasteiger partial charge in [0.1, 0.15) is 10.8 Å². The Hall–Kier alpha value is -2.43. The summed E-state index contributed by atoms with van der Waals surface area (Å²) in [4.78, 5) is 8.41. The van der Waals surface area contributed by atoms with Crippen LogP contribution in [0.4, 0.5) is 23.1 Å². The normalized spacial score (nSPS) is 15.1. The lowest BCUT2D eigenvalue weighted by Gasteiger charge is -2.53. The number of anilines is 4. The number of benzene rings is 2. The second kappa shape index (κ2) is 13.4. The molecule has 1 aromatic heterocycles. The minimum absolute atomic E-state index is 0.0154. The Kier molecular flexibility index (Phi) is 10.5. The number of hydrogen-bond donors (Lipinski definition) is 3. The first-order valence-electron chi connectivity index (χ1n) is 14.3. The molecular formula is C28H29B7ClN5O3S. The molecule has 0 amide bonds. The number of hydrogen-bond acceptors (Lipinski definition) is 8. The number of halogens is 1. The van der Waals surface area contributed by atoms with Crippen LogP contribution in [-0.2, 0) is 9.84 Å². The summed E-state index contributed by atoms with van der Waals surface area (Å²) in [5, 5.41) is 4.31. The summed E-state index contributed by atoms with van der Waals surface area (Å²) in [7, 11) is 36.0. The number of aromatic nitrogens is 2. The summed E-state index contributed by atoms with van der Waals surface area (Å²) >= 11 is 6.44. The standard InChI is InChI=1S/C28H29B7ClN5O3S/c1-15(2)44-22-13-18(17-8-10-37-11-9-17)16(3)12-21(22)40-25-38-14-19(36)24(41-25)39-20-6-4-5-7-23(20)45(42,43)26(29,27(30,31)32)28(33,34)35/h4-7,12-15,17,37H,8-11H2,1-3H3,(H2,38,39,40,41). The summed E-state index contributed by atoms with van der Waals surface area (Å²) in [6.07, 6.45) is 3.35. The predicted molar refractivity (Wildman–Crippen MR) is 187 cm³/mol. The number of ether oxygens (including phenoxy) is 1. The lowest BCUT2D eigenvalue weighted by atomic mass is 9.21. The molecule has 218 valence electrons. The van der Waals surface area contributed by atoms with Gasteiger partial charge in [0.25, 0.3) is 0 Å². The molecule has 0 unspecified atom stereocenters. The fourth-order valence-electron chi connectivity index (χ4n) is 5.31. The summed E-state index contributed by atoms with van der Waals surface area (Å²) in [6, 6.07) is 9.74. The van der Waals surface area contributed by atoms with Gasteiger partial charge in [-0.15, -0.1) is 10.2 Å². The number of piperidine rings is 1. The predicted octanol–water partition coefficient (Wildman–Crippen LogP) is 2.98. The van der Waals surface area contributed by atoms with Crippen LogP contribution in [0.3, 0.4) is 0 Å². The van der Waals surface area contributed by atoms with E-state index in [0.717, 1.165) is 31.5 Å². The highest BCUT2D eigenvalue weighted by Gasteiger charge is 2.53. The van der Waals surface area contributed by atoms with Crippen LogP contribution < -0.4 is 20.7 Å². The Morgan fingerprint density at radius 3 is 2.20 bits per heavy atom. The van der Waals surface area contributed by atoms with Crippen LogP contribution in [0.5, 0.6) is 5.75 Å². The first-order valence-corrected chi connectivity index (χ1v) is 16.2. The number of rotatable bonds is 11. The smallest absolute Gasteiger partial charge is 0.229 e. The van der Waals surface area contributed by atoms with Crippen LogP contribution in [-0.4, -0.2) is 97.1 Å². The molecule has 0 saturated carbocycles. The summed E-state index contributed by atoms with van der Waals surface area (Å²) < 4.78 is 31.1. The maximum atomic E-state index is 13.9. The number of aryl methyl sites for hydroxylation is 1. The van der Waals surface area contributed by atoms with Crippen molar-refractivity contribution in [3.63, 3.8) is 0 Å². The van der Waals surface area contributed by atoms with Crippen LogP contribution in [0.25, 0.3) is 0 Å². The molecule has 1 fully saturated rings. The van der Waals surface area contributed by atoms with Gasteiger partial charge in [-0.3, -0.25) is 0 Å². The molecule has 2 heterocycles. The third kappa shape index (κ3) is 7.28. The van der Waals surface area contributed by atoms with E-state index in [1.165, 1.54) is 30.0 Å². The Bertz CT molecular complexity index is 1630. The largest absolute Gasteiger partial charge is 0.489 e. The van der Waals surface area contributed by atoms with Gasteiger partial charge in [0, 0.05) is 4.65 Å². The van der Waals surface area contributed by atoms with Crippen molar-refractivity contribution in [3.05, 3.63) is 58.7 Å². The van der Waals surface area contributed by atoms with E-state index in [-0.39, 0.29) is 28.6 Å². The van der Waals surface area contributed by atoms with E-state index in [0.29, 0.717) is 17.4 Å². The van der Waals surface area contributed by atoms with E-state index in [2.05, 4.69) is 38.9 Å². The number of nitrogens with zero attached hydrogens (tertiary/aromatic N) is 2. The second-order valence-corrected chi connectivity index (χ2v) is 14.1. The van der Waals surface area contributed by atoms with Crippen molar-refractivity contribution in [2.45, 2.75) is 65.4 Å². The van der Waals surface area contributed by atoms with Crippen molar-refractivity contribution in [1.29, 1.82) is 0 Å². The van der Waals surface area contributed by atoms with Crippen LogP contribution in [0, 0.1) is 6.92 Å². The van der Waals surface area contributed by atoms with E-state index >= 15 is 0 Å². The monoisotopic (exact) mass is 627 g/mol. The van der Waals surface area contributed by atoms with Gasteiger partial charge in [0.05, 0.1) is 83.5 Å². The van der Waals surface area contributed by atoms with Crippen molar-refractivity contribution < 1.29 is 13.2 Å². The second-order valence-electron chi connectivity index (χ2n) is 11.6. The lowest BCUT2D eigenvalue weighted by molar-refractivity contribution is 0.243. The van der Waals surface area contributed by atoms with Crippen LogP contribution in [0.1, 0.15) is 43.7 Å². The zero-order valence-corrected chi connectivity index (χ0v) is 27.0. The van der Waals surface area contributed by atoms with Gasteiger partial charge in [-0.2, -0.15) is 4.98 Å². The van der Waals surface area contributed by atoms with Gasteiger partial charge in [0.15, 0.2) is 15.7 Å². The highest BCUT2D eigenvalue weighted by molar-refractivity contribution is 7.95. The number of para-hydroxylation sites is 1. The topological polar surface area (TPSA) is 105 Å². The summed E-state index contributed by atoms with van der Waals surface area (Å²) in [5.41, 5.74) is 2.97. The zero-order chi connectivity index (χ0) is 33.4. The summed E-state index contributed by atoms with van der Waals surface area (Å²) in [5.74, 6) is 1.29. The van der Waals surface area contributed by atoms with Gasteiger partial charge in [0.2, 0.25) is 5.95 Å². The van der Waals surface area contributed by atoms with E-state index in [9.17, 15) is 8.42 Å². The molecular weight excluding hydrogens is 598 g/mol. The Balaban J connectivity index is 1.72. The quantitative estimate of drug-likeness (QED) is 0.279. The van der Waals surface area contributed by atoms with E-state index in [1.807, 2.05) is 19.9 Å². The van der Waals surface area contributed by atoms with Crippen molar-refractivity contribution in [3.8, 4) is 5.75 Å². The number of sulfone groups is 1. The zero-order valence-electron chi connectivity index (χ0n) is 25.5. The SMILES string of the molecule is [B]C([B])([B])C([B])(C([B])([B])[B])S(=O)(=O)c1ccccc1Nc1nc(Nc2cc(C)c(C3CCNCC3)cc2OC(C)C)ncc1Cl. The van der Waals surface area contributed by atoms with Crippen molar-refractivity contribution in [2.24, 2.45) is 0 Å². The average molecular weight is 627 g/mol. The maximum absolute atomic E-state index is 13.9. The minimum atomic E-state index is -4.83. The van der Waals surface area contributed by atoms with Gasteiger partial charge in [-0.05, 0) is 88.0 Å². The molecule has 2 aromatic carbocycles. The van der Waals surface area contributed by atoms with E-state index in [1.54, 1.807) is 6.07 Å². The highest BCUT2D eigenvalue weighted by Crippen LogP contribution is 2.50. The Labute approximate surface area is 280 Å². The molecule has 1 aliphatic rings. The first-order chi connectivity index (χ1) is 20.9. The third-order valence-electron chi connectivity index (χ3n) is 7.64. The van der Waals surface area contributed by atoms with Crippen molar-refractivity contribution in [1.82, 2.24) is 15.3 Å². The average Bonchev–Trinajstić information content (AvgIpc) is 2.95. The molecule has 0 bridgehead atoms. The lowest BCUT2D eigenvalue weighted by Crippen LogP contribution is -2.60. The minimum Gasteiger partial charge on any atom is -0.489 e. The molecule has 3 N–H and O–H groups in total. The molecule has 17 heteroatoms. The van der Waals surface area contributed by atoms with Crippen LogP contribution >= 0.6 is 11.6 Å². The first kappa shape index (κ1) is 35.4. The fraction of sp³-hybridized carbons (Fsp3) is 0.429. The Morgan fingerprint density at radius 1 is 0.978 bits per heavy atom. The molecule has 3 aromatic rings. The Morgan fingerprint density at radius 2 is 1.60 bits per heavy atom. The van der Waals surface area contributed by atoms with Crippen LogP contribution in [0.15, 0.2) is 47.5 Å². The van der Waals surface area contributed by atoms with Crippen molar-refractivity contribution in [2.75, 3.05) is 23.7 Å². The molecule has 4 rings (SSSR count). The highest BCUT2D eigenvalue weighted by atomic mass is 35.5. The number of nitrogens with one attached hydrogen (secondary N) is 3. The molecule has 45 heavy (non-hydrogen) atoms. The maximum Gasteiger partial charge on any atom is 0.229 e. The molecule has 1 saturated heterocycles. The molecule has 0 aliphatic carbocycles. The van der Waals surface area contributed by atoms with Gasteiger partial charge in [-0.25, -0.2) is 13.4 Å². The third-order valence-corrected chi connectivity index (χ3v) is 10.4. The molecule has 1 aliphatic heterocycles. The van der Waals surface area contributed by atoms with Gasteiger partial charge in [-0.1, -0.05) is 23.7 Å². The van der Waals surface area contributed by atoms with Crippen LogP contribution in [0.2, 0.25) is 15.2 Å². The van der Waals surface area contributed by atoms with E-state index < -0.39 is 29.6 Å². The summed E-state index contributed by atoms with van der Waals surface area (Å²) in [6.45, 7) is 7.89. The van der Waals surface area contributed by atoms with E-state index in [4.69, 9.17) is 71.3 Å². The molecule has 8 nitrogen and oxygen atoms in total. The molecule has 0 spiro atoms. The fourth-order valence-corrected chi connectivity index (χ4v) is 7.39. The van der Waals surface area contributed by atoms with Gasteiger partial charge >= 0.3 is 0 Å². The molecule has 0 atom stereocenters. The molecule has 14 radical (unpaired) electrons. The van der Waals surface area contributed by atoms with Gasteiger partial charge < -0.3 is 20.7 Å².